The number of nitrogens with one attached hydrogen (secondary N) is 2. The van der Waals surface area contributed by atoms with E-state index < -0.39 is 62.4 Å². The highest BCUT2D eigenvalue weighted by Crippen LogP contribution is 2.28. The van der Waals surface area contributed by atoms with Crippen LogP contribution in [0, 0.1) is 24.2 Å². The third-order valence-electron chi connectivity index (χ3n) is 11.6. The molecule has 21 nitrogen and oxygen atoms in total. The summed E-state index contributed by atoms with van der Waals surface area (Å²) >= 11 is 1.56. The van der Waals surface area contributed by atoms with Crippen molar-refractivity contribution in [2.75, 3.05) is 32.6 Å². The van der Waals surface area contributed by atoms with E-state index in [1.54, 1.807) is 47.3 Å². The first kappa shape index (κ1) is 50.9. The summed E-state index contributed by atoms with van der Waals surface area (Å²) in [5.74, 6) is 5.06. The average Bonchev–Trinajstić information content (AvgIpc) is 4.12. The van der Waals surface area contributed by atoms with Gasteiger partial charge in [-0.1, -0.05) is 68.2 Å². The van der Waals surface area contributed by atoms with Gasteiger partial charge in [-0.25, -0.2) is 22.9 Å². The Balaban J connectivity index is 0.854. The van der Waals surface area contributed by atoms with E-state index in [0.29, 0.717) is 23.6 Å². The predicted molar refractivity (Wildman–Crippen MR) is 258 cm³/mol. The summed E-state index contributed by atoms with van der Waals surface area (Å²) < 4.78 is 40.8. The molecule has 0 spiro atoms. The van der Waals surface area contributed by atoms with E-state index in [1.165, 1.54) is 23.7 Å². The molecule has 1 fully saturated rings. The SMILES string of the molecule is Cc1ncsc1-c1ccc(CNC(=O)C2C[C@@H](O)CN2C(=O)[C@@H](NC(=O)Cc2cn(CCOCCOc3cccc(C#CCn4c(=O)n(C)c(=O)c5c4nc(S(C)(=O)=O)n5C)c3)nn2)C(C)(C)C)cc1. The number of hydrogen-bond acceptors (Lipinski definition) is 15. The van der Waals surface area contributed by atoms with E-state index in [9.17, 15) is 37.5 Å². The molecule has 2 aromatic carbocycles. The van der Waals surface area contributed by atoms with Crippen LogP contribution in [0.4, 0.5) is 0 Å². The number of amides is 3. The minimum absolute atomic E-state index is 0.0355. The Morgan fingerprint density at radius 1 is 1.04 bits per heavy atom. The first-order valence-corrected chi connectivity index (χ1v) is 25.1. The lowest BCUT2D eigenvalue weighted by molar-refractivity contribution is -0.144. The summed E-state index contributed by atoms with van der Waals surface area (Å²) in [5, 5.41) is 24.2. The smallest absolute Gasteiger partial charge is 0.333 e. The van der Waals surface area contributed by atoms with Gasteiger partial charge >= 0.3 is 5.69 Å². The van der Waals surface area contributed by atoms with E-state index in [1.807, 2.05) is 52.0 Å². The average molecular weight is 998 g/mol. The van der Waals surface area contributed by atoms with Crippen molar-refractivity contribution in [3.63, 3.8) is 0 Å². The Labute approximate surface area is 407 Å². The Morgan fingerprint density at radius 3 is 2.50 bits per heavy atom. The summed E-state index contributed by atoms with van der Waals surface area (Å²) in [6.07, 6.45) is 1.60. The van der Waals surface area contributed by atoms with Crippen molar-refractivity contribution in [1.29, 1.82) is 0 Å². The predicted octanol–water partition coefficient (Wildman–Crippen LogP) is 1.36. The molecule has 1 unspecified atom stereocenters. The number of benzene rings is 2. The fourth-order valence-corrected chi connectivity index (χ4v) is 9.58. The maximum Gasteiger partial charge on any atom is 0.333 e. The van der Waals surface area contributed by atoms with Gasteiger partial charge in [0, 0.05) is 51.6 Å². The zero-order valence-corrected chi connectivity index (χ0v) is 41.5. The second kappa shape index (κ2) is 21.3. The van der Waals surface area contributed by atoms with Crippen molar-refractivity contribution < 1.29 is 37.4 Å². The lowest BCUT2D eigenvalue weighted by Crippen LogP contribution is -2.58. The Kier molecular flexibility index (Phi) is 15.5. The van der Waals surface area contributed by atoms with Gasteiger partial charge in [-0.05, 0) is 41.7 Å². The van der Waals surface area contributed by atoms with Gasteiger partial charge in [0.15, 0.2) is 11.2 Å². The number of carbonyl (C=O) groups is 3. The first-order valence-electron chi connectivity index (χ1n) is 22.3. The number of rotatable bonds is 17. The number of likely N-dealkylation sites (tertiary alicyclic amines) is 1. The number of nitrogens with zero attached hydrogens (tertiary/aromatic N) is 9. The van der Waals surface area contributed by atoms with E-state index >= 15 is 0 Å². The van der Waals surface area contributed by atoms with Crippen molar-refractivity contribution in [2.24, 2.45) is 19.5 Å². The minimum Gasteiger partial charge on any atom is -0.491 e. The molecule has 1 aliphatic rings. The molecule has 1 aliphatic heterocycles. The maximum atomic E-state index is 14.1. The van der Waals surface area contributed by atoms with Gasteiger partial charge in [0.1, 0.15) is 24.4 Å². The molecular formula is C47H55N11O10S2. The number of aliphatic hydroxyl groups excluding tert-OH is 1. The summed E-state index contributed by atoms with van der Waals surface area (Å²) in [6.45, 7) is 8.48. The summed E-state index contributed by atoms with van der Waals surface area (Å²) in [6, 6.07) is 12.9. The fraction of sp³-hybridized carbons (Fsp3) is 0.426. The van der Waals surface area contributed by atoms with Crippen molar-refractivity contribution in [1.82, 2.24) is 54.2 Å². The van der Waals surface area contributed by atoms with Crippen LogP contribution in [-0.2, 0) is 69.1 Å². The molecule has 3 N–H and O–H groups in total. The molecule has 370 valence electrons. The molecule has 5 heterocycles. The zero-order valence-electron chi connectivity index (χ0n) is 39.8. The van der Waals surface area contributed by atoms with E-state index in [-0.39, 0.29) is 68.6 Å². The molecule has 7 rings (SSSR count). The molecule has 1 saturated heterocycles. The normalized spacial score (nSPS) is 15.4. The second-order valence-electron chi connectivity index (χ2n) is 18.0. The molecule has 23 heteroatoms. The van der Waals surface area contributed by atoms with Crippen LogP contribution in [-0.4, -0.2) is 126 Å². The lowest BCUT2D eigenvalue weighted by atomic mass is 9.85. The fourth-order valence-electron chi connectivity index (χ4n) is 7.93. The van der Waals surface area contributed by atoms with Crippen LogP contribution in [0.2, 0.25) is 0 Å². The highest BCUT2D eigenvalue weighted by molar-refractivity contribution is 7.90. The van der Waals surface area contributed by atoms with Crippen LogP contribution in [0.15, 0.2) is 75.0 Å². The molecule has 4 aromatic heterocycles. The van der Waals surface area contributed by atoms with Gasteiger partial charge in [-0.15, -0.1) is 16.4 Å². The Bertz CT molecular complexity index is 3210. The van der Waals surface area contributed by atoms with Gasteiger partial charge in [0.25, 0.3) is 5.56 Å². The van der Waals surface area contributed by atoms with Gasteiger partial charge in [-0.3, -0.25) is 28.3 Å². The minimum atomic E-state index is -3.79. The molecule has 3 amide bonds. The number of fused-ring (bicyclic) bond motifs is 1. The quantitative estimate of drug-likeness (QED) is 0.0862. The number of sulfone groups is 1. The number of β-amino-alcohol motifs (C(OH)–C–C–N with tert-alkyl or cyclic N) is 1. The third kappa shape index (κ3) is 11.9. The second-order valence-corrected chi connectivity index (χ2v) is 20.8. The van der Waals surface area contributed by atoms with Crippen molar-refractivity contribution in [3.8, 4) is 28.0 Å². The van der Waals surface area contributed by atoms with Gasteiger partial charge in [-0.2, -0.15) is 4.98 Å². The lowest BCUT2D eigenvalue weighted by Gasteiger charge is -2.35. The highest BCUT2D eigenvalue weighted by atomic mass is 32.2. The molecule has 0 saturated carbocycles. The van der Waals surface area contributed by atoms with Crippen molar-refractivity contribution in [3.05, 3.63) is 104 Å². The molecule has 70 heavy (non-hydrogen) atoms. The first-order chi connectivity index (χ1) is 33.2. The number of thiazole rings is 1. The number of ether oxygens (including phenoxy) is 2. The van der Waals surface area contributed by atoms with Crippen molar-refractivity contribution >= 4 is 50.1 Å². The summed E-state index contributed by atoms with van der Waals surface area (Å²) in [7, 11) is -1.09. The Morgan fingerprint density at radius 2 is 1.80 bits per heavy atom. The number of imidazole rings is 1. The standard InChI is InChI=1S/C47H55N11O10S2/c1-29-39(69-28-49-29)32-15-13-31(14-16-32)25-48-42(61)36-24-34(59)27-58(36)44(63)40(47(2,3)4)50-37(60)23-33-26-56(53-52-33)18-19-67-20-21-68-35-12-8-10-30(22-35)11-9-17-57-41-38(43(62)55(6)46(57)64)54(5)45(51-41)70(7,65)66/h8,10,12-16,22,26,28,34,36,40,59H,17-21,23-25,27H2,1-7H3,(H,48,61)(H,50,60)/t34-,36?,40-/m1/s1. The topological polar surface area (TPSA) is 257 Å². The molecule has 6 aromatic rings. The third-order valence-corrected chi connectivity index (χ3v) is 13.6. The number of aryl methyl sites for hydroxylation is 2. The number of aromatic nitrogens is 8. The summed E-state index contributed by atoms with van der Waals surface area (Å²) in [4.78, 5) is 77.6. The Hall–Kier alpha value is -7.00. The zero-order chi connectivity index (χ0) is 50.5. The van der Waals surface area contributed by atoms with Gasteiger partial charge in [0.05, 0.1) is 60.6 Å². The number of hydrogen-bond donors (Lipinski definition) is 3. The molecule has 0 bridgehead atoms. The highest BCUT2D eigenvalue weighted by Gasteiger charge is 2.44. The molecule has 0 radical (unpaired) electrons. The molecular weight excluding hydrogens is 943 g/mol. The molecule has 3 atom stereocenters. The number of carbonyl (C=O) groups excluding carboxylic acids is 3. The maximum absolute atomic E-state index is 14.1. The summed E-state index contributed by atoms with van der Waals surface area (Å²) in [5.41, 5.74) is 3.40. The van der Waals surface area contributed by atoms with Crippen LogP contribution in [0.3, 0.4) is 0 Å². The van der Waals surface area contributed by atoms with E-state index in [2.05, 4.69) is 42.8 Å². The largest absolute Gasteiger partial charge is 0.491 e. The van der Waals surface area contributed by atoms with Crippen LogP contribution in [0.25, 0.3) is 21.6 Å². The molecule has 0 aliphatic carbocycles. The number of aliphatic hydroxyl groups is 1. The van der Waals surface area contributed by atoms with Crippen molar-refractivity contribution in [2.45, 2.75) is 83.5 Å². The van der Waals surface area contributed by atoms with Gasteiger partial charge < -0.3 is 34.7 Å². The van der Waals surface area contributed by atoms with Gasteiger partial charge in [0.2, 0.25) is 32.7 Å². The van der Waals surface area contributed by atoms with Crippen LogP contribution >= 0.6 is 11.3 Å². The van der Waals surface area contributed by atoms with E-state index in [0.717, 1.165) is 41.7 Å². The van der Waals surface area contributed by atoms with Crippen LogP contribution in [0.5, 0.6) is 5.75 Å². The van der Waals surface area contributed by atoms with Crippen LogP contribution < -0.4 is 26.6 Å². The monoisotopic (exact) mass is 997 g/mol. The van der Waals surface area contributed by atoms with E-state index in [4.69, 9.17) is 9.47 Å². The van der Waals surface area contributed by atoms with Crippen LogP contribution in [0.1, 0.15) is 49.7 Å².